The molecule has 0 radical (unpaired) electrons. The Labute approximate surface area is 95.6 Å². The lowest BCUT2D eigenvalue weighted by Crippen LogP contribution is -2.45. The Bertz CT molecular complexity index is 346. The molecule has 0 amide bonds. The highest BCUT2D eigenvalue weighted by atomic mass is 16.5. The van der Waals surface area contributed by atoms with E-state index in [9.17, 15) is 0 Å². The average molecular weight is 222 g/mol. The Kier molecular flexibility index (Phi) is 3.24. The monoisotopic (exact) mass is 222 g/mol. The van der Waals surface area contributed by atoms with Crippen LogP contribution in [0.1, 0.15) is 19.3 Å². The summed E-state index contributed by atoms with van der Waals surface area (Å²) in [5.41, 5.74) is 0.0186. The van der Waals surface area contributed by atoms with Crippen LogP contribution in [0.2, 0.25) is 0 Å². The first-order valence-electron chi connectivity index (χ1n) is 5.58. The van der Waals surface area contributed by atoms with Gasteiger partial charge in [0, 0.05) is 26.9 Å². The van der Waals surface area contributed by atoms with Crippen molar-refractivity contribution in [3.05, 3.63) is 12.3 Å². The molecule has 0 spiro atoms. The van der Waals surface area contributed by atoms with Crippen LogP contribution in [-0.2, 0) is 4.74 Å². The second kappa shape index (κ2) is 4.65. The molecule has 1 heterocycles. The van der Waals surface area contributed by atoms with E-state index in [1.54, 1.807) is 13.3 Å². The zero-order valence-electron chi connectivity index (χ0n) is 9.79. The highest BCUT2D eigenvalue weighted by Gasteiger charge is 2.36. The van der Waals surface area contributed by atoms with Gasteiger partial charge in [-0.05, 0) is 25.3 Å². The van der Waals surface area contributed by atoms with E-state index in [1.807, 2.05) is 13.1 Å². The summed E-state index contributed by atoms with van der Waals surface area (Å²) in [4.78, 5) is 8.36. The molecule has 0 saturated heterocycles. The van der Waals surface area contributed by atoms with Gasteiger partial charge in [-0.3, -0.25) is 0 Å². The van der Waals surface area contributed by atoms with E-state index < -0.39 is 0 Å². The first-order chi connectivity index (χ1) is 7.78. The van der Waals surface area contributed by atoms with E-state index >= 15 is 0 Å². The van der Waals surface area contributed by atoms with Gasteiger partial charge in [0.25, 0.3) is 0 Å². The average Bonchev–Trinajstić information content (AvgIpc) is 2.29. The van der Waals surface area contributed by atoms with Crippen molar-refractivity contribution >= 4 is 11.8 Å². The Hall–Kier alpha value is -1.36. The largest absolute Gasteiger partial charge is 0.376 e. The van der Waals surface area contributed by atoms with Crippen molar-refractivity contribution in [1.29, 1.82) is 0 Å². The zero-order valence-corrected chi connectivity index (χ0v) is 9.79. The van der Waals surface area contributed by atoms with Gasteiger partial charge in [-0.2, -0.15) is 4.98 Å². The van der Waals surface area contributed by atoms with Gasteiger partial charge >= 0.3 is 0 Å². The molecule has 88 valence electrons. The van der Waals surface area contributed by atoms with Crippen molar-refractivity contribution in [1.82, 2.24) is 9.97 Å². The first kappa shape index (κ1) is 11.1. The highest BCUT2D eigenvalue weighted by Crippen LogP contribution is 2.34. The van der Waals surface area contributed by atoms with Crippen LogP contribution in [0.3, 0.4) is 0 Å². The first-order valence-corrected chi connectivity index (χ1v) is 5.58. The van der Waals surface area contributed by atoms with Crippen LogP contribution in [0.5, 0.6) is 0 Å². The smallest absolute Gasteiger partial charge is 0.224 e. The molecule has 5 heteroatoms. The van der Waals surface area contributed by atoms with Crippen LogP contribution in [0.15, 0.2) is 12.3 Å². The predicted molar refractivity (Wildman–Crippen MR) is 63.7 cm³/mol. The minimum Gasteiger partial charge on any atom is -0.376 e. The topological polar surface area (TPSA) is 59.1 Å². The molecule has 0 aliphatic heterocycles. The summed E-state index contributed by atoms with van der Waals surface area (Å²) in [6.07, 6.45) is 5.24. The van der Waals surface area contributed by atoms with Gasteiger partial charge in [-0.1, -0.05) is 0 Å². The van der Waals surface area contributed by atoms with Gasteiger partial charge in [0.15, 0.2) is 0 Å². The molecule has 5 nitrogen and oxygen atoms in total. The van der Waals surface area contributed by atoms with Crippen LogP contribution < -0.4 is 10.6 Å². The minimum absolute atomic E-state index is 0.0186. The quantitative estimate of drug-likeness (QED) is 0.790. The molecular formula is C11H18N4O. The Morgan fingerprint density at radius 1 is 1.50 bits per heavy atom. The van der Waals surface area contributed by atoms with E-state index in [4.69, 9.17) is 4.74 Å². The molecule has 1 saturated carbocycles. The molecule has 1 aromatic rings. The van der Waals surface area contributed by atoms with E-state index in [2.05, 4.69) is 20.6 Å². The number of methoxy groups -OCH3 is 1. The van der Waals surface area contributed by atoms with Crippen molar-refractivity contribution in [2.45, 2.75) is 24.9 Å². The van der Waals surface area contributed by atoms with Crippen molar-refractivity contribution < 1.29 is 4.74 Å². The molecule has 16 heavy (non-hydrogen) atoms. The van der Waals surface area contributed by atoms with Crippen molar-refractivity contribution in [2.24, 2.45) is 0 Å². The van der Waals surface area contributed by atoms with Gasteiger partial charge in [0.05, 0.1) is 5.60 Å². The number of nitrogens with one attached hydrogen (secondary N) is 2. The van der Waals surface area contributed by atoms with Gasteiger partial charge in [0.1, 0.15) is 5.82 Å². The summed E-state index contributed by atoms with van der Waals surface area (Å²) < 4.78 is 5.53. The molecule has 1 fully saturated rings. The molecule has 0 atom stereocenters. The third-order valence-corrected chi connectivity index (χ3v) is 3.17. The standard InChI is InChI=1S/C11H18N4O/c1-12-10-13-7-4-9(15-10)14-8-11(16-2)5-3-6-11/h4,7H,3,5-6,8H2,1-2H3,(H2,12,13,14,15). The van der Waals surface area contributed by atoms with Crippen LogP contribution in [0, 0.1) is 0 Å². The molecule has 0 bridgehead atoms. The SMILES string of the molecule is CNc1nccc(NCC2(OC)CCC2)n1. The molecule has 2 rings (SSSR count). The summed E-state index contributed by atoms with van der Waals surface area (Å²) in [7, 11) is 3.58. The third kappa shape index (κ3) is 2.24. The van der Waals surface area contributed by atoms with Crippen LogP contribution in [0.25, 0.3) is 0 Å². The van der Waals surface area contributed by atoms with Crippen molar-refractivity contribution in [2.75, 3.05) is 31.3 Å². The van der Waals surface area contributed by atoms with Crippen LogP contribution in [-0.4, -0.2) is 36.3 Å². The van der Waals surface area contributed by atoms with E-state index in [0.29, 0.717) is 5.95 Å². The summed E-state index contributed by atoms with van der Waals surface area (Å²) in [5, 5.41) is 6.21. The minimum atomic E-state index is 0.0186. The highest BCUT2D eigenvalue weighted by molar-refractivity contribution is 5.39. The van der Waals surface area contributed by atoms with E-state index in [1.165, 1.54) is 6.42 Å². The molecule has 1 aromatic heterocycles. The molecule has 0 unspecified atom stereocenters. The van der Waals surface area contributed by atoms with Gasteiger partial charge in [-0.15, -0.1) is 0 Å². The lowest BCUT2D eigenvalue weighted by molar-refractivity contribution is -0.0601. The van der Waals surface area contributed by atoms with Crippen molar-refractivity contribution in [3.63, 3.8) is 0 Å². The van der Waals surface area contributed by atoms with E-state index in [-0.39, 0.29) is 5.60 Å². The maximum absolute atomic E-state index is 5.53. The summed E-state index contributed by atoms with van der Waals surface area (Å²) >= 11 is 0. The fourth-order valence-electron chi connectivity index (χ4n) is 1.85. The normalized spacial score (nSPS) is 17.6. The zero-order chi connectivity index (χ0) is 11.4. The lowest BCUT2D eigenvalue weighted by atomic mass is 9.80. The number of hydrogen-bond acceptors (Lipinski definition) is 5. The predicted octanol–water partition coefficient (Wildman–Crippen LogP) is 1.50. The second-order valence-electron chi connectivity index (χ2n) is 4.11. The third-order valence-electron chi connectivity index (χ3n) is 3.17. The number of nitrogens with zero attached hydrogens (tertiary/aromatic N) is 2. The lowest BCUT2D eigenvalue weighted by Gasteiger charge is -2.40. The Balaban J connectivity index is 1.93. The molecule has 0 aromatic carbocycles. The Morgan fingerprint density at radius 2 is 2.31 bits per heavy atom. The van der Waals surface area contributed by atoms with Gasteiger partial charge < -0.3 is 15.4 Å². The number of rotatable bonds is 5. The summed E-state index contributed by atoms with van der Waals surface area (Å²) in [6.45, 7) is 0.809. The Morgan fingerprint density at radius 3 is 2.88 bits per heavy atom. The number of anilines is 2. The number of hydrogen-bond donors (Lipinski definition) is 2. The van der Waals surface area contributed by atoms with E-state index in [0.717, 1.165) is 25.2 Å². The fraction of sp³-hybridized carbons (Fsp3) is 0.636. The maximum atomic E-state index is 5.53. The van der Waals surface area contributed by atoms with Crippen molar-refractivity contribution in [3.8, 4) is 0 Å². The molecule has 1 aliphatic rings. The molecule has 2 N–H and O–H groups in total. The van der Waals surface area contributed by atoms with Crippen LogP contribution >= 0.6 is 0 Å². The fourth-order valence-corrected chi connectivity index (χ4v) is 1.85. The van der Waals surface area contributed by atoms with Crippen LogP contribution in [0.4, 0.5) is 11.8 Å². The summed E-state index contributed by atoms with van der Waals surface area (Å²) in [6, 6.07) is 1.86. The maximum Gasteiger partial charge on any atom is 0.224 e. The molecule has 1 aliphatic carbocycles. The number of aromatic nitrogens is 2. The van der Waals surface area contributed by atoms with Gasteiger partial charge in [0.2, 0.25) is 5.95 Å². The molecular weight excluding hydrogens is 204 g/mol. The second-order valence-corrected chi connectivity index (χ2v) is 4.11. The summed E-state index contributed by atoms with van der Waals surface area (Å²) in [5.74, 6) is 1.47. The van der Waals surface area contributed by atoms with Gasteiger partial charge in [-0.25, -0.2) is 4.98 Å². The number of ether oxygens (including phenoxy) is 1.